The van der Waals surface area contributed by atoms with Crippen LogP contribution in [0.1, 0.15) is 34.8 Å². The van der Waals surface area contributed by atoms with Gasteiger partial charge in [-0.3, -0.25) is 9.59 Å². The Morgan fingerprint density at radius 2 is 1.66 bits per heavy atom. The fraction of sp³-hybridized carbons (Fsp3) is 0.250. The molecule has 2 aromatic carbocycles. The molecule has 29 heavy (non-hydrogen) atoms. The number of esters is 1. The van der Waals surface area contributed by atoms with Crippen LogP contribution in [0.25, 0.3) is 5.57 Å². The van der Waals surface area contributed by atoms with Crippen molar-refractivity contribution < 1.29 is 14.3 Å². The first-order valence-corrected chi connectivity index (χ1v) is 9.38. The molecule has 5 nitrogen and oxygen atoms in total. The number of carbonyl (C=O) groups is 2. The lowest BCUT2D eigenvalue weighted by Gasteiger charge is -2.20. The third kappa shape index (κ3) is 3.56. The molecule has 0 heterocycles. The van der Waals surface area contributed by atoms with Crippen molar-refractivity contribution in [2.24, 2.45) is 11.3 Å². The molecular weight excluding hydrogens is 364 g/mol. The fourth-order valence-electron chi connectivity index (χ4n) is 3.73. The van der Waals surface area contributed by atoms with Gasteiger partial charge < -0.3 is 4.74 Å². The van der Waals surface area contributed by atoms with E-state index in [9.17, 15) is 20.1 Å². The SMILES string of the molecule is CCOC(=O)[C@]1(C(=C(C#N)C#N)c2ccc(C)cc2)C[C@H]1C(=O)c1ccccc1. The quantitative estimate of drug-likeness (QED) is 0.422. The van der Waals surface area contributed by atoms with Crippen LogP contribution >= 0.6 is 0 Å². The molecule has 1 aliphatic carbocycles. The molecule has 2 atom stereocenters. The molecule has 0 amide bonds. The number of ketones is 1. The maximum absolute atomic E-state index is 13.1. The van der Waals surface area contributed by atoms with E-state index >= 15 is 0 Å². The van der Waals surface area contributed by atoms with Crippen molar-refractivity contribution in [1.82, 2.24) is 0 Å². The minimum atomic E-state index is -1.33. The molecule has 0 aliphatic heterocycles. The second-order valence-corrected chi connectivity index (χ2v) is 7.02. The minimum Gasteiger partial charge on any atom is -0.465 e. The number of allylic oxidation sites excluding steroid dienone is 1. The molecule has 0 bridgehead atoms. The van der Waals surface area contributed by atoms with Gasteiger partial charge in [0.25, 0.3) is 0 Å². The summed E-state index contributed by atoms with van der Waals surface area (Å²) in [7, 11) is 0. The molecule has 144 valence electrons. The number of hydrogen-bond donors (Lipinski definition) is 0. The average molecular weight is 384 g/mol. The molecule has 3 rings (SSSR count). The Kier molecular flexibility index (Phi) is 5.61. The van der Waals surface area contributed by atoms with E-state index < -0.39 is 17.3 Å². The zero-order valence-electron chi connectivity index (χ0n) is 16.3. The van der Waals surface area contributed by atoms with Crippen LogP contribution < -0.4 is 0 Å². The predicted molar refractivity (Wildman–Crippen MR) is 107 cm³/mol. The molecule has 0 spiro atoms. The molecular formula is C24H20N2O3. The minimum absolute atomic E-state index is 0.141. The number of benzene rings is 2. The summed E-state index contributed by atoms with van der Waals surface area (Å²) in [5, 5.41) is 19.2. The van der Waals surface area contributed by atoms with Gasteiger partial charge >= 0.3 is 5.97 Å². The summed E-state index contributed by atoms with van der Waals surface area (Å²) in [5.74, 6) is -1.46. The van der Waals surface area contributed by atoms with Gasteiger partial charge in [-0.25, -0.2) is 0 Å². The Bertz CT molecular complexity index is 1040. The van der Waals surface area contributed by atoms with E-state index in [0.717, 1.165) is 5.56 Å². The van der Waals surface area contributed by atoms with Gasteiger partial charge in [0, 0.05) is 17.1 Å². The molecule has 1 saturated carbocycles. The molecule has 5 heteroatoms. The van der Waals surface area contributed by atoms with E-state index in [2.05, 4.69) is 0 Å². The van der Waals surface area contributed by atoms with Crippen LogP contribution in [-0.2, 0) is 9.53 Å². The molecule has 0 unspecified atom stereocenters. The highest BCUT2D eigenvalue weighted by atomic mass is 16.5. The van der Waals surface area contributed by atoms with Crippen molar-refractivity contribution in [2.75, 3.05) is 6.61 Å². The summed E-state index contributed by atoms with van der Waals surface area (Å²) in [6.07, 6.45) is 0.204. The van der Waals surface area contributed by atoms with Gasteiger partial charge in [0.05, 0.1) is 6.61 Å². The summed E-state index contributed by atoms with van der Waals surface area (Å²) >= 11 is 0. The van der Waals surface area contributed by atoms with Crippen LogP contribution in [0, 0.1) is 40.9 Å². The average Bonchev–Trinajstić information content (AvgIpc) is 3.49. The molecule has 2 aromatic rings. The van der Waals surface area contributed by atoms with E-state index in [4.69, 9.17) is 4.74 Å². The highest BCUT2D eigenvalue weighted by Crippen LogP contribution is 2.63. The Balaban J connectivity index is 2.18. The second-order valence-electron chi connectivity index (χ2n) is 7.02. The van der Waals surface area contributed by atoms with Gasteiger partial charge in [-0.05, 0) is 25.8 Å². The number of Topliss-reactive ketones (excluding diaryl/α,β-unsaturated/α-hetero) is 1. The van der Waals surface area contributed by atoms with E-state index in [0.29, 0.717) is 11.1 Å². The second kappa shape index (κ2) is 8.12. The number of ether oxygens (including phenoxy) is 1. The highest BCUT2D eigenvalue weighted by Gasteiger charge is 2.67. The van der Waals surface area contributed by atoms with Crippen molar-refractivity contribution in [3.63, 3.8) is 0 Å². The smallest absolute Gasteiger partial charge is 0.317 e. The monoisotopic (exact) mass is 384 g/mol. The summed E-state index contributed by atoms with van der Waals surface area (Å²) in [4.78, 5) is 26.2. The molecule has 1 fully saturated rings. The summed E-state index contributed by atoms with van der Waals surface area (Å²) < 4.78 is 5.31. The Labute approximate surface area is 169 Å². The van der Waals surface area contributed by atoms with Crippen molar-refractivity contribution in [3.05, 3.63) is 76.9 Å². The Morgan fingerprint density at radius 1 is 1.03 bits per heavy atom. The lowest BCUT2D eigenvalue weighted by molar-refractivity contribution is -0.147. The number of rotatable bonds is 6. The molecule has 0 radical (unpaired) electrons. The Morgan fingerprint density at radius 3 is 2.21 bits per heavy atom. The molecule has 1 aliphatic rings. The fourth-order valence-corrected chi connectivity index (χ4v) is 3.73. The number of nitriles is 2. The maximum atomic E-state index is 13.1. The number of hydrogen-bond acceptors (Lipinski definition) is 5. The van der Waals surface area contributed by atoms with E-state index in [-0.39, 0.29) is 30.0 Å². The van der Waals surface area contributed by atoms with Crippen LogP contribution in [0.3, 0.4) is 0 Å². The first-order chi connectivity index (χ1) is 14.0. The van der Waals surface area contributed by atoms with Gasteiger partial charge in [-0.1, -0.05) is 60.2 Å². The van der Waals surface area contributed by atoms with Crippen LogP contribution in [-0.4, -0.2) is 18.4 Å². The molecule has 0 N–H and O–H groups in total. The van der Waals surface area contributed by atoms with Gasteiger partial charge in [-0.15, -0.1) is 0 Å². The van der Waals surface area contributed by atoms with E-state index in [1.807, 2.05) is 37.3 Å². The standard InChI is InChI=1S/C24H20N2O3/c1-3-29-23(28)24(13-20(24)22(27)18-7-5-4-6-8-18)21(19(14-25)15-26)17-11-9-16(2)10-12-17/h4-12,20H,3,13H2,1-2H3/t20-,24+/m0/s1. The van der Waals surface area contributed by atoms with E-state index in [1.165, 1.54) is 0 Å². The van der Waals surface area contributed by atoms with Crippen LogP contribution in [0.15, 0.2) is 60.2 Å². The van der Waals surface area contributed by atoms with Crippen molar-refractivity contribution in [2.45, 2.75) is 20.3 Å². The predicted octanol–water partition coefficient (Wildman–Crippen LogP) is 4.25. The number of aryl methyl sites for hydroxylation is 1. The topological polar surface area (TPSA) is 90.9 Å². The van der Waals surface area contributed by atoms with Crippen LogP contribution in [0.5, 0.6) is 0 Å². The van der Waals surface area contributed by atoms with Crippen LogP contribution in [0.2, 0.25) is 0 Å². The van der Waals surface area contributed by atoms with E-state index in [1.54, 1.807) is 43.3 Å². The lowest BCUT2D eigenvalue weighted by atomic mass is 9.82. The van der Waals surface area contributed by atoms with Gasteiger partial charge in [0.15, 0.2) is 5.78 Å². The first-order valence-electron chi connectivity index (χ1n) is 9.38. The number of nitrogens with zero attached hydrogens (tertiary/aromatic N) is 2. The third-order valence-corrected chi connectivity index (χ3v) is 5.24. The molecule has 0 saturated heterocycles. The summed E-state index contributed by atoms with van der Waals surface area (Å²) in [5.41, 5.74) is 0.827. The highest BCUT2D eigenvalue weighted by molar-refractivity contribution is 6.11. The maximum Gasteiger partial charge on any atom is 0.317 e. The summed E-state index contributed by atoms with van der Waals surface area (Å²) in [6.45, 7) is 3.75. The van der Waals surface area contributed by atoms with Crippen molar-refractivity contribution in [1.29, 1.82) is 10.5 Å². The zero-order chi connectivity index (χ0) is 21.0. The van der Waals surface area contributed by atoms with Gasteiger partial charge in [0.2, 0.25) is 0 Å². The van der Waals surface area contributed by atoms with Gasteiger partial charge in [0.1, 0.15) is 23.1 Å². The molecule has 0 aromatic heterocycles. The summed E-state index contributed by atoms with van der Waals surface area (Å²) in [6, 6.07) is 19.8. The largest absolute Gasteiger partial charge is 0.465 e. The van der Waals surface area contributed by atoms with Crippen molar-refractivity contribution >= 4 is 17.3 Å². The Hall–Kier alpha value is -3.70. The lowest BCUT2D eigenvalue weighted by Crippen LogP contribution is -2.26. The third-order valence-electron chi connectivity index (χ3n) is 5.24. The zero-order valence-corrected chi connectivity index (χ0v) is 16.3. The normalized spacial score (nSPS) is 19.4. The van der Waals surface area contributed by atoms with Gasteiger partial charge in [-0.2, -0.15) is 10.5 Å². The van der Waals surface area contributed by atoms with Crippen LogP contribution in [0.4, 0.5) is 0 Å². The first kappa shape index (κ1) is 20.0. The van der Waals surface area contributed by atoms with Crippen molar-refractivity contribution in [3.8, 4) is 12.1 Å². The number of carbonyl (C=O) groups excluding carboxylic acids is 2.